The molecule has 4 heteroatoms. The van der Waals surface area contributed by atoms with E-state index in [1.165, 1.54) is 0 Å². The van der Waals surface area contributed by atoms with Gasteiger partial charge in [0.25, 0.3) is 0 Å². The summed E-state index contributed by atoms with van der Waals surface area (Å²) >= 11 is 1.81. The number of thioether (sulfide) groups is 1. The highest BCUT2D eigenvalue weighted by atomic mass is 32.2. The third-order valence-corrected chi connectivity index (χ3v) is 3.31. The van der Waals surface area contributed by atoms with Crippen LogP contribution in [0.4, 0.5) is 0 Å². The van der Waals surface area contributed by atoms with E-state index in [9.17, 15) is 4.79 Å². The van der Waals surface area contributed by atoms with Crippen molar-refractivity contribution in [2.24, 2.45) is 5.92 Å². The number of terminal acetylenes is 1. The highest BCUT2D eigenvalue weighted by molar-refractivity contribution is 7.99. The van der Waals surface area contributed by atoms with Gasteiger partial charge in [-0.1, -0.05) is 5.92 Å². The summed E-state index contributed by atoms with van der Waals surface area (Å²) in [5, 5.41) is 11.8. The molecule has 2 atom stereocenters. The minimum Gasteiger partial charge on any atom is -0.480 e. The van der Waals surface area contributed by atoms with Crippen LogP contribution in [0.25, 0.3) is 0 Å². The topological polar surface area (TPSA) is 49.3 Å². The fourth-order valence-electron chi connectivity index (χ4n) is 1.44. The van der Waals surface area contributed by atoms with E-state index in [1.54, 1.807) is 11.8 Å². The van der Waals surface area contributed by atoms with Crippen molar-refractivity contribution in [3.8, 4) is 12.3 Å². The van der Waals surface area contributed by atoms with Crippen LogP contribution in [-0.4, -0.2) is 35.2 Å². The fraction of sp³-hybridized carbons (Fsp3) is 0.667. The number of nitrogens with one attached hydrogen (secondary N) is 1. The van der Waals surface area contributed by atoms with Gasteiger partial charge in [-0.2, -0.15) is 11.8 Å². The van der Waals surface area contributed by atoms with E-state index in [0.717, 1.165) is 17.9 Å². The van der Waals surface area contributed by atoms with Gasteiger partial charge in [-0.25, -0.2) is 0 Å². The van der Waals surface area contributed by atoms with Crippen molar-refractivity contribution in [1.29, 1.82) is 0 Å². The Labute approximate surface area is 82.3 Å². The molecule has 1 rings (SSSR count). The number of carbonyl (C=O) groups is 1. The predicted octanol–water partition coefficient (Wildman–Crippen LogP) is 0.415. The molecular formula is C9H13NO2S. The van der Waals surface area contributed by atoms with Crippen molar-refractivity contribution in [3.63, 3.8) is 0 Å². The van der Waals surface area contributed by atoms with Crippen LogP contribution in [0.2, 0.25) is 0 Å². The lowest BCUT2D eigenvalue weighted by Crippen LogP contribution is -2.43. The Hall–Kier alpha value is -0.660. The first-order valence-corrected chi connectivity index (χ1v) is 5.38. The first kappa shape index (κ1) is 10.4. The molecule has 1 saturated heterocycles. The third-order valence-electron chi connectivity index (χ3n) is 2.13. The monoisotopic (exact) mass is 199 g/mol. The molecular weight excluding hydrogens is 186 g/mol. The van der Waals surface area contributed by atoms with Gasteiger partial charge >= 0.3 is 5.97 Å². The molecule has 0 bridgehead atoms. The Bertz CT molecular complexity index is 218. The molecule has 0 aromatic rings. The summed E-state index contributed by atoms with van der Waals surface area (Å²) < 4.78 is 0. The highest BCUT2D eigenvalue weighted by Crippen LogP contribution is 2.26. The van der Waals surface area contributed by atoms with Crippen LogP contribution in [0, 0.1) is 18.3 Å². The smallest absolute Gasteiger partial charge is 0.321 e. The average molecular weight is 199 g/mol. The molecule has 0 aromatic carbocycles. The predicted molar refractivity (Wildman–Crippen MR) is 53.7 cm³/mol. The highest BCUT2D eigenvalue weighted by Gasteiger charge is 2.29. The van der Waals surface area contributed by atoms with Gasteiger partial charge in [0.05, 0.1) is 6.54 Å². The standard InChI is InChI=1S/C9H13NO2S/c1-2-4-10-8(9(11)12)7-3-5-13-6-7/h1,7-8,10H,3-6H2,(H,11,12). The summed E-state index contributed by atoms with van der Waals surface area (Å²) in [5.41, 5.74) is 0. The second kappa shape index (κ2) is 5.15. The second-order valence-electron chi connectivity index (χ2n) is 3.02. The zero-order chi connectivity index (χ0) is 9.68. The van der Waals surface area contributed by atoms with Gasteiger partial charge in [-0.05, 0) is 23.8 Å². The van der Waals surface area contributed by atoms with E-state index in [4.69, 9.17) is 11.5 Å². The lowest BCUT2D eigenvalue weighted by molar-refractivity contribution is -0.140. The van der Waals surface area contributed by atoms with Gasteiger partial charge in [0.1, 0.15) is 6.04 Å². The van der Waals surface area contributed by atoms with E-state index < -0.39 is 12.0 Å². The van der Waals surface area contributed by atoms with E-state index in [0.29, 0.717) is 6.54 Å². The Kier molecular flexibility index (Phi) is 4.13. The molecule has 13 heavy (non-hydrogen) atoms. The van der Waals surface area contributed by atoms with Gasteiger partial charge in [-0.3, -0.25) is 10.1 Å². The summed E-state index contributed by atoms with van der Waals surface area (Å²) in [6.45, 7) is 0.331. The Morgan fingerprint density at radius 1 is 1.85 bits per heavy atom. The van der Waals surface area contributed by atoms with E-state index >= 15 is 0 Å². The lowest BCUT2D eigenvalue weighted by Gasteiger charge is -2.18. The van der Waals surface area contributed by atoms with Crippen molar-refractivity contribution < 1.29 is 9.90 Å². The normalized spacial score (nSPS) is 23.8. The van der Waals surface area contributed by atoms with Gasteiger partial charge in [0.15, 0.2) is 0 Å². The minimum atomic E-state index is -0.789. The molecule has 72 valence electrons. The van der Waals surface area contributed by atoms with Crippen LogP contribution in [0.15, 0.2) is 0 Å². The second-order valence-corrected chi connectivity index (χ2v) is 4.17. The van der Waals surface area contributed by atoms with Gasteiger partial charge in [-0.15, -0.1) is 6.42 Å². The summed E-state index contributed by atoms with van der Waals surface area (Å²) in [4.78, 5) is 10.9. The number of carboxylic acids is 1. The molecule has 0 amide bonds. The minimum absolute atomic E-state index is 0.232. The SMILES string of the molecule is C#CCNC(C(=O)O)C1CCSC1. The number of carboxylic acid groups (broad SMARTS) is 1. The van der Waals surface area contributed by atoms with Gasteiger partial charge < -0.3 is 5.11 Å². The van der Waals surface area contributed by atoms with Crippen molar-refractivity contribution in [1.82, 2.24) is 5.32 Å². The molecule has 1 aliphatic rings. The average Bonchev–Trinajstić information content (AvgIpc) is 2.57. The van der Waals surface area contributed by atoms with Crippen LogP contribution < -0.4 is 5.32 Å². The van der Waals surface area contributed by atoms with Crippen LogP contribution in [0.1, 0.15) is 6.42 Å². The number of hydrogen-bond acceptors (Lipinski definition) is 3. The van der Waals surface area contributed by atoms with Crippen molar-refractivity contribution in [3.05, 3.63) is 0 Å². The molecule has 0 saturated carbocycles. The molecule has 2 N–H and O–H groups in total. The van der Waals surface area contributed by atoms with E-state index in [2.05, 4.69) is 11.2 Å². The molecule has 1 fully saturated rings. The summed E-state index contributed by atoms with van der Waals surface area (Å²) in [7, 11) is 0. The summed E-state index contributed by atoms with van der Waals surface area (Å²) in [6.07, 6.45) is 6.04. The van der Waals surface area contributed by atoms with Crippen LogP contribution in [0.3, 0.4) is 0 Å². The maximum absolute atomic E-state index is 10.9. The summed E-state index contributed by atoms with van der Waals surface area (Å²) in [5.74, 6) is 3.83. The largest absolute Gasteiger partial charge is 0.480 e. The summed E-state index contributed by atoms with van der Waals surface area (Å²) in [6, 6.07) is -0.467. The molecule has 1 aliphatic heterocycles. The quantitative estimate of drug-likeness (QED) is 0.644. The maximum Gasteiger partial charge on any atom is 0.321 e. The Morgan fingerprint density at radius 2 is 2.62 bits per heavy atom. The lowest BCUT2D eigenvalue weighted by atomic mass is 9.99. The van der Waals surface area contributed by atoms with Gasteiger partial charge in [0.2, 0.25) is 0 Å². The zero-order valence-corrected chi connectivity index (χ0v) is 8.14. The molecule has 0 radical (unpaired) electrons. The van der Waals surface area contributed by atoms with E-state index in [-0.39, 0.29) is 5.92 Å². The Morgan fingerprint density at radius 3 is 3.08 bits per heavy atom. The van der Waals surface area contributed by atoms with Crippen LogP contribution >= 0.6 is 11.8 Å². The molecule has 0 aromatic heterocycles. The molecule has 0 aliphatic carbocycles. The molecule has 1 heterocycles. The van der Waals surface area contributed by atoms with Crippen molar-refractivity contribution in [2.45, 2.75) is 12.5 Å². The van der Waals surface area contributed by atoms with Crippen molar-refractivity contribution in [2.75, 3.05) is 18.1 Å². The molecule has 2 unspecified atom stereocenters. The van der Waals surface area contributed by atoms with Crippen LogP contribution in [0.5, 0.6) is 0 Å². The number of rotatable bonds is 4. The molecule has 3 nitrogen and oxygen atoms in total. The molecule has 0 spiro atoms. The number of aliphatic carboxylic acids is 1. The number of hydrogen-bond donors (Lipinski definition) is 2. The first-order valence-electron chi connectivity index (χ1n) is 4.23. The third kappa shape index (κ3) is 2.94. The van der Waals surface area contributed by atoms with Crippen LogP contribution in [-0.2, 0) is 4.79 Å². The van der Waals surface area contributed by atoms with Gasteiger partial charge in [0, 0.05) is 0 Å². The first-order chi connectivity index (χ1) is 6.25. The zero-order valence-electron chi connectivity index (χ0n) is 7.32. The van der Waals surface area contributed by atoms with Crippen molar-refractivity contribution >= 4 is 17.7 Å². The maximum atomic E-state index is 10.9. The Balaban J connectivity index is 2.46. The van der Waals surface area contributed by atoms with E-state index in [1.807, 2.05) is 0 Å². The fourth-order valence-corrected chi connectivity index (χ4v) is 2.74.